The fourth-order valence-corrected chi connectivity index (χ4v) is 3.10. The van der Waals surface area contributed by atoms with Gasteiger partial charge in [0.1, 0.15) is 13.2 Å². The van der Waals surface area contributed by atoms with E-state index in [1.54, 1.807) is 6.07 Å². The highest BCUT2D eigenvalue weighted by molar-refractivity contribution is 5.93. The van der Waals surface area contributed by atoms with E-state index >= 15 is 0 Å². The van der Waals surface area contributed by atoms with Crippen LogP contribution >= 0.6 is 0 Å². The number of aromatic hydroxyl groups is 1. The predicted octanol–water partition coefficient (Wildman–Crippen LogP) is 4.94. The summed E-state index contributed by atoms with van der Waals surface area (Å²) in [5, 5.41) is 10.6. The molecule has 0 unspecified atom stereocenters. The molecule has 0 aliphatic rings. The molecule has 34 heavy (non-hydrogen) atoms. The Bertz CT molecular complexity index is 1260. The van der Waals surface area contributed by atoms with Crippen LogP contribution in [0.5, 0.6) is 17.2 Å². The maximum absolute atomic E-state index is 12.6. The summed E-state index contributed by atoms with van der Waals surface area (Å²) in [7, 11) is 0. The highest BCUT2D eigenvalue weighted by Crippen LogP contribution is 2.39. The van der Waals surface area contributed by atoms with Gasteiger partial charge in [0.05, 0.1) is 11.1 Å². The average molecular weight is 455 g/mol. The van der Waals surface area contributed by atoms with Crippen LogP contribution in [0.1, 0.15) is 31.8 Å². The van der Waals surface area contributed by atoms with E-state index < -0.39 is 11.9 Å². The van der Waals surface area contributed by atoms with Gasteiger partial charge in [-0.25, -0.2) is 9.59 Å². The lowest BCUT2D eigenvalue weighted by molar-refractivity contribution is 0.0470. The first-order valence-electron chi connectivity index (χ1n) is 10.5. The van der Waals surface area contributed by atoms with Crippen LogP contribution in [0, 0.1) is 0 Å². The molecule has 0 fully saturated rings. The predicted molar refractivity (Wildman–Crippen MR) is 124 cm³/mol. The highest BCUT2D eigenvalue weighted by Gasteiger charge is 2.21. The first-order valence-corrected chi connectivity index (χ1v) is 10.5. The van der Waals surface area contributed by atoms with Crippen LogP contribution in [0.25, 0.3) is 0 Å². The van der Waals surface area contributed by atoms with Crippen LogP contribution in [0.4, 0.5) is 0 Å². The van der Waals surface area contributed by atoms with Crippen molar-refractivity contribution in [3.63, 3.8) is 0 Å². The van der Waals surface area contributed by atoms with Crippen molar-refractivity contribution in [2.45, 2.75) is 13.2 Å². The molecule has 1 heterocycles. The van der Waals surface area contributed by atoms with Crippen LogP contribution in [0.2, 0.25) is 0 Å². The van der Waals surface area contributed by atoms with Gasteiger partial charge in [0.25, 0.3) is 0 Å². The SMILES string of the molecule is O=C(OCc1ccccc1)c1cc(O)c(OCc2ccccc2)c(OC(=O)c2cccnc2)c1. The second-order valence-electron chi connectivity index (χ2n) is 7.29. The molecule has 0 bridgehead atoms. The number of rotatable bonds is 8. The molecule has 0 amide bonds. The lowest BCUT2D eigenvalue weighted by atomic mass is 10.1. The molecule has 0 atom stereocenters. The van der Waals surface area contributed by atoms with Crippen LogP contribution in [0.15, 0.2) is 97.3 Å². The Morgan fingerprint density at radius 1 is 0.765 bits per heavy atom. The van der Waals surface area contributed by atoms with Gasteiger partial charge in [0, 0.05) is 12.4 Å². The van der Waals surface area contributed by atoms with Gasteiger partial charge >= 0.3 is 11.9 Å². The normalized spacial score (nSPS) is 10.4. The maximum atomic E-state index is 12.6. The third-order valence-corrected chi connectivity index (χ3v) is 4.81. The standard InChI is InChI=1S/C27H21NO6/c29-23-14-22(26(30)33-18-20-10-5-2-6-11-20)15-24(34-27(31)21-12-7-13-28-16-21)25(23)32-17-19-8-3-1-4-9-19/h1-16,29H,17-18H2. The van der Waals surface area contributed by atoms with E-state index in [9.17, 15) is 14.7 Å². The van der Waals surface area contributed by atoms with Crippen molar-refractivity contribution in [2.24, 2.45) is 0 Å². The van der Waals surface area contributed by atoms with Crippen molar-refractivity contribution in [1.82, 2.24) is 4.98 Å². The number of hydrogen-bond acceptors (Lipinski definition) is 7. The summed E-state index contributed by atoms with van der Waals surface area (Å²) in [6.07, 6.45) is 2.88. The van der Waals surface area contributed by atoms with Crippen LogP contribution in [-0.2, 0) is 18.0 Å². The molecular formula is C27H21NO6. The molecule has 170 valence electrons. The highest BCUT2D eigenvalue weighted by atomic mass is 16.6. The Balaban J connectivity index is 1.59. The zero-order valence-electron chi connectivity index (χ0n) is 18.1. The second kappa shape index (κ2) is 10.8. The molecule has 0 saturated carbocycles. The lowest BCUT2D eigenvalue weighted by Crippen LogP contribution is -2.12. The van der Waals surface area contributed by atoms with Crippen molar-refractivity contribution in [3.05, 3.63) is 120 Å². The molecule has 0 aliphatic heterocycles. The molecule has 0 radical (unpaired) electrons. The van der Waals surface area contributed by atoms with Crippen molar-refractivity contribution in [3.8, 4) is 17.2 Å². The number of phenolic OH excluding ortho intramolecular Hbond substituents is 1. The number of carbonyl (C=O) groups is 2. The fourth-order valence-electron chi connectivity index (χ4n) is 3.10. The summed E-state index contributed by atoms with van der Waals surface area (Å²) < 4.78 is 16.6. The molecule has 4 rings (SSSR count). The molecule has 4 aromatic rings. The molecule has 1 aromatic heterocycles. The largest absolute Gasteiger partial charge is 0.504 e. The number of ether oxygens (including phenoxy) is 3. The minimum atomic E-state index is -0.716. The number of hydrogen-bond donors (Lipinski definition) is 1. The molecule has 7 nitrogen and oxygen atoms in total. The Hall–Kier alpha value is -4.65. The Kier molecular flexibility index (Phi) is 7.15. The molecule has 7 heteroatoms. The van der Waals surface area contributed by atoms with Crippen molar-refractivity contribution in [1.29, 1.82) is 0 Å². The summed E-state index contributed by atoms with van der Waals surface area (Å²) in [6.45, 7) is 0.168. The van der Waals surface area contributed by atoms with Gasteiger partial charge in [-0.15, -0.1) is 0 Å². The summed E-state index contributed by atoms with van der Waals surface area (Å²) in [5.41, 5.74) is 1.87. The van der Waals surface area contributed by atoms with Gasteiger partial charge in [0.15, 0.2) is 11.5 Å². The lowest BCUT2D eigenvalue weighted by Gasteiger charge is -2.15. The molecule has 3 aromatic carbocycles. The molecule has 0 saturated heterocycles. The quantitative estimate of drug-likeness (QED) is 0.297. The van der Waals surface area contributed by atoms with E-state index in [2.05, 4.69) is 4.98 Å². The molecule has 1 N–H and O–H groups in total. The van der Waals surface area contributed by atoms with Gasteiger partial charge in [-0.2, -0.15) is 0 Å². The van der Waals surface area contributed by atoms with Crippen molar-refractivity contribution >= 4 is 11.9 Å². The minimum absolute atomic E-state index is 0.00878. The number of nitrogens with zero attached hydrogens (tertiary/aromatic N) is 1. The summed E-state index contributed by atoms with van der Waals surface area (Å²) >= 11 is 0. The van der Waals surface area contributed by atoms with E-state index in [0.29, 0.717) is 0 Å². The van der Waals surface area contributed by atoms with Crippen molar-refractivity contribution in [2.75, 3.05) is 0 Å². The monoisotopic (exact) mass is 455 g/mol. The maximum Gasteiger partial charge on any atom is 0.345 e. The Morgan fingerprint density at radius 3 is 2.09 bits per heavy atom. The van der Waals surface area contributed by atoms with Crippen molar-refractivity contribution < 1.29 is 28.9 Å². The number of carbonyl (C=O) groups excluding carboxylic acids is 2. The van der Waals surface area contributed by atoms with E-state index in [-0.39, 0.29) is 41.6 Å². The Morgan fingerprint density at radius 2 is 1.44 bits per heavy atom. The molecule has 0 spiro atoms. The van der Waals surface area contributed by atoms with Gasteiger partial charge < -0.3 is 19.3 Å². The van der Waals surface area contributed by atoms with Crippen LogP contribution < -0.4 is 9.47 Å². The number of benzene rings is 3. The second-order valence-corrected chi connectivity index (χ2v) is 7.29. The number of pyridine rings is 1. The van der Waals surface area contributed by atoms with E-state index in [0.717, 1.165) is 11.1 Å². The first kappa shape index (κ1) is 22.5. The zero-order chi connectivity index (χ0) is 23.8. The van der Waals surface area contributed by atoms with Gasteiger partial charge in [-0.3, -0.25) is 4.98 Å². The number of aromatic nitrogens is 1. The zero-order valence-corrected chi connectivity index (χ0v) is 18.1. The summed E-state index contributed by atoms with van der Waals surface area (Å²) in [5.74, 6) is -1.95. The third-order valence-electron chi connectivity index (χ3n) is 4.81. The molecule has 0 aliphatic carbocycles. The Labute approximate surface area is 196 Å². The van der Waals surface area contributed by atoms with Gasteiger partial charge in [-0.05, 0) is 35.4 Å². The summed E-state index contributed by atoms with van der Waals surface area (Å²) in [4.78, 5) is 29.2. The third kappa shape index (κ3) is 5.77. The van der Waals surface area contributed by atoms with Gasteiger partial charge in [-0.1, -0.05) is 60.7 Å². The fraction of sp³-hybridized carbons (Fsp3) is 0.0741. The van der Waals surface area contributed by atoms with Crippen LogP contribution in [-0.4, -0.2) is 22.0 Å². The average Bonchev–Trinajstić information content (AvgIpc) is 2.88. The smallest absolute Gasteiger partial charge is 0.345 e. The van der Waals surface area contributed by atoms with Crippen LogP contribution in [0.3, 0.4) is 0 Å². The van der Waals surface area contributed by atoms with Gasteiger partial charge in [0.2, 0.25) is 5.75 Å². The first-order chi connectivity index (χ1) is 16.6. The summed E-state index contributed by atoms with van der Waals surface area (Å²) in [6, 6.07) is 24.1. The number of esters is 2. The molecular weight excluding hydrogens is 434 g/mol. The van der Waals surface area contributed by atoms with E-state index in [1.807, 2.05) is 60.7 Å². The minimum Gasteiger partial charge on any atom is -0.504 e. The van der Waals surface area contributed by atoms with E-state index in [1.165, 1.54) is 30.6 Å². The number of phenols is 1. The topological polar surface area (TPSA) is 95.0 Å². The van der Waals surface area contributed by atoms with E-state index in [4.69, 9.17) is 14.2 Å².